The summed E-state index contributed by atoms with van der Waals surface area (Å²) in [7, 11) is -4.69. The van der Waals surface area contributed by atoms with Crippen LogP contribution in [0.4, 0.5) is 0 Å². The molecule has 0 aromatic carbocycles. The Labute approximate surface area is 159 Å². The van der Waals surface area contributed by atoms with Crippen molar-refractivity contribution in [3.05, 3.63) is 29.6 Å². The number of hydroxylamine groups is 2. The molecule has 2 heterocycles. The van der Waals surface area contributed by atoms with Crippen LogP contribution in [0.3, 0.4) is 0 Å². The lowest BCUT2D eigenvalue weighted by Gasteiger charge is -2.46. The third-order valence-corrected chi connectivity index (χ3v) is 6.71. The van der Waals surface area contributed by atoms with Gasteiger partial charge in [0, 0.05) is 32.0 Å². The fourth-order valence-electron chi connectivity index (χ4n) is 3.38. The fourth-order valence-corrected chi connectivity index (χ4v) is 5.17. The number of amides is 2. The van der Waals surface area contributed by atoms with E-state index in [0.717, 1.165) is 0 Å². The SMILES string of the molecule is CC(C)(CC(N)=O)C(=O)[N+]([O-])(C1CCCNCC1)S(=O)(=O)c1ccccn1. The number of rotatable bonds is 6. The Kier molecular flexibility index (Phi) is 6.35. The smallest absolute Gasteiger partial charge is 0.351 e. The average molecular weight is 398 g/mol. The number of quaternary nitrogens is 1. The highest BCUT2D eigenvalue weighted by molar-refractivity contribution is 7.86. The van der Waals surface area contributed by atoms with Crippen LogP contribution in [0, 0.1) is 10.6 Å². The molecule has 2 unspecified atom stereocenters. The molecule has 10 heteroatoms. The maximum absolute atomic E-state index is 13.9. The lowest BCUT2D eigenvalue weighted by Crippen LogP contribution is -2.62. The summed E-state index contributed by atoms with van der Waals surface area (Å²) in [4.78, 5) is 28.5. The number of pyridine rings is 1. The highest BCUT2D eigenvalue weighted by Crippen LogP contribution is 2.37. The van der Waals surface area contributed by atoms with Gasteiger partial charge in [-0.15, -0.1) is 0 Å². The normalized spacial score (nSPS) is 21.1. The molecule has 0 bridgehead atoms. The minimum Gasteiger partial charge on any atom is -0.608 e. The molecule has 0 radical (unpaired) electrons. The quantitative estimate of drug-likeness (QED) is 0.529. The van der Waals surface area contributed by atoms with Crippen molar-refractivity contribution in [2.45, 2.75) is 50.6 Å². The van der Waals surface area contributed by atoms with Crippen molar-refractivity contribution < 1.29 is 22.1 Å². The number of sulfonamides is 1. The minimum absolute atomic E-state index is 0.216. The second kappa shape index (κ2) is 8.01. The number of hydrogen-bond acceptors (Lipinski definition) is 7. The summed E-state index contributed by atoms with van der Waals surface area (Å²) in [5.41, 5.74) is 3.68. The summed E-state index contributed by atoms with van der Waals surface area (Å²) < 4.78 is 24.5. The molecule has 0 saturated carbocycles. The predicted octanol–water partition coefficient (Wildman–Crippen LogP) is 0.655. The molecule has 2 rings (SSSR count). The van der Waals surface area contributed by atoms with Gasteiger partial charge in [-0.3, -0.25) is 4.79 Å². The van der Waals surface area contributed by atoms with E-state index in [0.29, 0.717) is 19.5 Å². The first kappa shape index (κ1) is 21.4. The summed E-state index contributed by atoms with van der Waals surface area (Å²) >= 11 is 0. The fraction of sp³-hybridized carbons (Fsp3) is 0.588. The average Bonchev–Trinajstić information content (AvgIpc) is 2.89. The molecule has 1 fully saturated rings. The van der Waals surface area contributed by atoms with E-state index in [1.165, 1.54) is 38.2 Å². The van der Waals surface area contributed by atoms with E-state index in [4.69, 9.17) is 5.73 Å². The van der Waals surface area contributed by atoms with Gasteiger partial charge >= 0.3 is 15.9 Å². The number of aromatic nitrogens is 1. The number of carbonyl (C=O) groups is 2. The number of nitrogens with two attached hydrogens (primary N) is 1. The van der Waals surface area contributed by atoms with Gasteiger partial charge in [0.2, 0.25) is 10.9 Å². The Morgan fingerprint density at radius 2 is 2.04 bits per heavy atom. The van der Waals surface area contributed by atoms with E-state index >= 15 is 0 Å². The minimum atomic E-state index is -4.69. The van der Waals surface area contributed by atoms with Gasteiger partial charge in [0.05, 0.1) is 5.41 Å². The Morgan fingerprint density at radius 1 is 1.33 bits per heavy atom. The van der Waals surface area contributed by atoms with Gasteiger partial charge in [0.25, 0.3) is 0 Å². The molecule has 1 aromatic rings. The highest BCUT2D eigenvalue weighted by atomic mass is 32.2. The molecular formula is C17H26N4O5S. The first-order valence-corrected chi connectivity index (χ1v) is 10.3. The largest absolute Gasteiger partial charge is 0.608 e. The zero-order valence-corrected chi connectivity index (χ0v) is 16.4. The van der Waals surface area contributed by atoms with Gasteiger partial charge in [0.1, 0.15) is 6.04 Å². The molecule has 2 atom stereocenters. The second-order valence-corrected chi connectivity index (χ2v) is 9.32. The van der Waals surface area contributed by atoms with Crippen molar-refractivity contribution in [2.24, 2.45) is 11.1 Å². The van der Waals surface area contributed by atoms with Crippen molar-refractivity contribution in [2.75, 3.05) is 13.1 Å². The monoisotopic (exact) mass is 398 g/mol. The summed E-state index contributed by atoms with van der Waals surface area (Å²) in [6.45, 7) is 3.80. The molecule has 1 aliphatic heterocycles. The number of primary amides is 1. The molecule has 1 saturated heterocycles. The van der Waals surface area contributed by atoms with Gasteiger partial charge in [-0.25, -0.2) is 9.78 Å². The molecule has 9 nitrogen and oxygen atoms in total. The zero-order valence-electron chi connectivity index (χ0n) is 15.6. The zero-order chi connectivity index (χ0) is 20.3. The molecular weight excluding hydrogens is 372 g/mol. The van der Waals surface area contributed by atoms with E-state index in [9.17, 15) is 23.2 Å². The molecule has 1 aromatic heterocycles. The number of nitrogens with one attached hydrogen (secondary N) is 1. The second-order valence-electron chi connectivity index (χ2n) is 7.41. The lowest BCUT2D eigenvalue weighted by molar-refractivity contribution is -0.709. The Hall–Kier alpha value is -1.88. The van der Waals surface area contributed by atoms with Crippen LogP contribution in [0.5, 0.6) is 0 Å². The first-order chi connectivity index (χ1) is 12.5. The maximum atomic E-state index is 13.9. The van der Waals surface area contributed by atoms with Crippen LogP contribution in [-0.4, -0.2) is 48.4 Å². The first-order valence-electron chi connectivity index (χ1n) is 8.83. The molecule has 0 spiro atoms. The van der Waals surface area contributed by atoms with Crippen molar-refractivity contribution in [3.8, 4) is 0 Å². The number of nitrogens with zero attached hydrogens (tertiary/aromatic N) is 2. The van der Waals surface area contributed by atoms with E-state index < -0.39 is 48.8 Å². The van der Waals surface area contributed by atoms with Crippen LogP contribution in [0.25, 0.3) is 0 Å². The van der Waals surface area contributed by atoms with E-state index in [-0.39, 0.29) is 12.8 Å². The third kappa shape index (κ3) is 4.18. The van der Waals surface area contributed by atoms with Crippen molar-refractivity contribution >= 4 is 21.8 Å². The summed E-state index contributed by atoms with van der Waals surface area (Å²) in [5, 5.41) is 16.6. The maximum Gasteiger partial charge on any atom is 0.351 e. The van der Waals surface area contributed by atoms with Gasteiger partial charge < -0.3 is 16.3 Å². The van der Waals surface area contributed by atoms with Gasteiger partial charge in [-0.05, 0) is 38.9 Å². The standard InChI is InChI=1S/C17H26N4O5S/c1-17(2,12-14(18)22)16(23)21(24,13-6-5-9-19-11-8-13)27(25,26)15-7-3-4-10-20-15/h3-4,7,10,13,19H,5-6,8-9,11-12H2,1-2H3,(H2,18,22). The highest BCUT2D eigenvalue weighted by Gasteiger charge is 2.54. The van der Waals surface area contributed by atoms with Gasteiger partial charge in [-0.1, -0.05) is 6.07 Å². The predicted molar refractivity (Wildman–Crippen MR) is 98.2 cm³/mol. The van der Waals surface area contributed by atoms with Crippen LogP contribution in [0.2, 0.25) is 0 Å². The van der Waals surface area contributed by atoms with Crippen molar-refractivity contribution in [1.29, 1.82) is 0 Å². The van der Waals surface area contributed by atoms with E-state index in [2.05, 4.69) is 10.3 Å². The molecule has 27 heavy (non-hydrogen) atoms. The Morgan fingerprint density at radius 3 is 2.63 bits per heavy atom. The lowest BCUT2D eigenvalue weighted by atomic mass is 9.87. The van der Waals surface area contributed by atoms with E-state index in [1.54, 1.807) is 0 Å². The Bertz CT molecular complexity index is 789. The molecule has 2 amide bonds. The Balaban J connectivity index is 2.61. The number of hydrogen-bond donors (Lipinski definition) is 2. The third-order valence-electron chi connectivity index (χ3n) is 4.76. The topological polar surface area (TPSA) is 142 Å². The summed E-state index contributed by atoms with van der Waals surface area (Å²) in [5.74, 6) is -1.88. The summed E-state index contributed by atoms with van der Waals surface area (Å²) in [6.07, 6.45) is 1.88. The van der Waals surface area contributed by atoms with Crippen LogP contribution < -0.4 is 11.1 Å². The molecule has 3 N–H and O–H groups in total. The van der Waals surface area contributed by atoms with E-state index in [1.807, 2.05) is 0 Å². The summed E-state index contributed by atoms with van der Waals surface area (Å²) in [6, 6.07) is 3.17. The van der Waals surface area contributed by atoms with Crippen molar-refractivity contribution in [3.63, 3.8) is 0 Å². The molecule has 1 aliphatic rings. The number of carbonyl (C=O) groups excluding carboxylic acids is 2. The molecule has 150 valence electrons. The van der Waals surface area contributed by atoms with Crippen LogP contribution >= 0.6 is 0 Å². The van der Waals surface area contributed by atoms with Crippen LogP contribution in [0.1, 0.15) is 39.5 Å². The van der Waals surface area contributed by atoms with Crippen LogP contribution in [-0.2, 0) is 19.6 Å². The van der Waals surface area contributed by atoms with Gasteiger partial charge in [0.15, 0.2) is 0 Å². The van der Waals surface area contributed by atoms with Crippen molar-refractivity contribution in [1.82, 2.24) is 10.3 Å². The van der Waals surface area contributed by atoms with Crippen LogP contribution in [0.15, 0.2) is 29.4 Å². The van der Waals surface area contributed by atoms with Gasteiger partial charge in [-0.2, -0.15) is 12.5 Å². The molecule has 0 aliphatic carbocycles.